The second-order valence-electron chi connectivity index (χ2n) is 5.85. The molecule has 0 N–H and O–H groups in total. The van der Waals surface area contributed by atoms with Crippen molar-refractivity contribution < 1.29 is 0 Å². The van der Waals surface area contributed by atoms with Crippen LogP contribution >= 0.6 is 0 Å². The minimum absolute atomic E-state index is 0.363. The van der Waals surface area contributed by atoms with Crippen LogP contribution in [0.2, 0.25) is 0 Å². The van der Waals surface area contributed by atoms with E-state index < -0.39 is 5.69 Å². The van der Waals surface area contributed by atoms with Crippen molar-refractivity contribution in [2.75, 3.05) is 0 Å². The maximum Gasteiger partial charge on any atom is 0.337 e. The minimum atomic E-state index is -0.409. The van der Waals surface area contributed by atoms with Gasteiger partial charge in [-0.25, -0.2) is 14.3 Å². The molecule has 6 heteroatoms. The van der Waals surface area contributed by atoms with Crippen molar-refractivity contribution in [1.29, 1.82) is 0 Å². The Kier molecular flexibility index (Phi) is 3.57. The van der Waals surface area contributed by atoms with Crippen molar-refractivity contribution in [1.82, 2.24) is 18.7 Å². The fourth-order valence-electron chi connectivity index (χ4n) is 2.97. The maximum absolute atomic E-state index is 13.1. The summed E-state index contributed by atoms with van der Waals surface area (Å²) in [5.74, 6) is 0. The third kappa shape index (κ3) is 2.48. The third-order valence-electron chi connectivity index (χ3n) is 4.23. The number of benzene rings is 2. The van der Waals surface area contributed by atoms with E-state index in [1.54, 1.807) is 42.2 Å². The molecule has 0 fully saturated rings. The third-order valence-corrected chi connectivity index (χ3v) is 4.23. The highest BCUT2D eigenvalue weighted by Gasteiger charge is 2.17. The van der Waals surface area contributed by atoms with Crippen LogP contribution in [0.1, 0.15) is 5.56 Å². The molecular weight excluding hydrogens is 316 g/mol. The van der Waals surface area contributed by atoms with Gasteiger partial charge in [0.25, 0.3) is 5.56 Å². The van der Waals surface area contributed by atoms with Gasteiger partial charge in [-0.2, -0.15) is 0 Å². The molecule has 0 aliphatic carbocycles. The van der Waals surface area contributed by atoms with Gasteiger partial charge in [-0.1, -0.05) is 48.5 Å². The average Bonchev–Trinajstić information content (AvgIpc) is 3.06. The van der Waals surface area contributed by atoms with Crippen molar-refractivity contribution in [3.63, 3.8) is 0 Å². The number of aromatic nitrogens is 4. The summed E-state index contributed by atoms with van der Waals surface area (Å²) in [5.41, 5.74) is 1.63. The normalized spacial score (nSPS) is 11.1. The molecule has 0 spiro atoms. The van der Waals surface area contributed by atoms with E-state index in [0.717, 1.165) is 5.56 Å². The molecule has 6 nitrogen and oxygen atoms in total. The summed E-state index contributed by atoms with van der Waals surface area (Å²) in [4.78, 5) is 30.0. The Morgan fingerprint density at radius 1 is 0.920 bits per heavy atom. The van der Waals surface area contributed by atoms with Crippen LogP contribution in [0.4, 0.5) is 0 Å². The van der Waals surface area contributed by atoms with Crippen LogP contribution < -0.4 is 11.2 Å². The van der Waals surface area contributed by atoms with Crippen LogP contribution in [-0.2, 0) is 13.6 Å². The topological polar surface area (TPSA) is 61.8 Å². The zero-order chi connectivity index (χ0) is 17.4. The first-order chi connectivity index (χ1) is 12.2. The first kappa shape index (κ1) is 15.1. The predicted octanol–water partition coefficient (Wildman–Crippen LogP) is 1.93. The van der Waals surface area contributed by atoms with E-state index in [9.17, 15) is 9.59 Å². The number of imidazole rings is 1. The van der Waals surface area contributed by atoms with Gasteiger partial charge in [-0.05, 0) is 17.7 Å². The van der Waals surface area contributed by atoms with Gasteiger partial charge in [0.15, 0.2) is 11.2 Å². The molecule has 0 atom stereocenters. The molecule has 0 unspecified atom stereocenters. The number of aryl methyl sites for hydroxylation is 1. The lowest BCUT2D eigenvalue weighted by Gasteiger charge is -2.10. The van der Waals surface area contributed by atoms with Gasteiger partial charge in [0.2, 0.25) is 0 Å². The number of fused-ring (bicyclic) bond motifs is 1. The van der Waals surface area contributed by atoms with E-state index in [-0.39, 0.29) is 5.56 Å². The molecule has 0 bridgehead atoms. The first-order valence-electron chi connectivity index (χ1n) is 7.93. The monoisotopic (exact) mass is 332 g/mol. The van der Waals surface area contributed by atoms with E-state index in [2.05, 4.69) is 4.98 Å². The Morgan fingerprint density at radius 3 is 2.24 bits per heavy atom. The molecule has 124 valence electrons. The zero-order valence-corrected chi connectivity index (χ0v) is 13.7. The molecular formula is C19H16N4O2. The van der Waals surface area contributed by atoms with E-state index in [1.807, 2.05) is 36.4 Å². The van der Waals surface area contributed by atoms with Crippen LogP contribution in [0.5, 0.6) is 0 Å². The molecule has 2 heterocycles. The van der Waals surface area contributed by atoms with Crippen LogP contribution in [0.15, 0.2) is 76.6 Å². The number of nitrogens with zero attached hydrogens (tertiary/aromatic N) is 4. The molecule has 0 saturated heterocycles. The Morgan fingerprint density at radius 2 is 1.56 bits per heavy atom. The van der Waals surface area contributed by atoms with Gasteiger partial charge in [0.05, 0.1) is 12.0 Å². The van der Waals surface area contributed by atoms with Crippen molar-refractivity contribution in [3.8, 4) is 5.69 Å². The van der Waals surface area contributed by atoms with Gasteiger partial charge in [-0.15, -0.1) is 0 Å². The second-order valence-corrected chi connectivity index (χ2v) is 5.85. The van der Waals surface area contributed by atoms with Crippen molar-refractivity contribution in [3.05, 3.63) is 93.4 Å². The molecule has 4 aromatic rings. The van der Waals surface area contributed by atoms with Crippen LogP contribution in [-0.4, -0.2) is 18.7 Å². The van der Waals surface area contributed by atoms with Crippen LogP contribution in [0, 0.1) is 0 Å². The van der Waals surface area contributed by atoms with Gasteiger partial charge < -0.3 is 4.57 Å². The molecule has 0 aliphatic rings. The molecule has 2 aromatic heterocycles. The lowest BCUT2D eigenvalue weighted by molar-refractivity contribution is 0.756. The predicted molar refractivity (Wildman–Crippen MR) is 96.1 cm³/mol. The lowest BCUT2D eigenvalue weighted by Crippen LogP contribution is -2.38. The number of hydrogen-bond donors (Lipinski definition) is 0. The van der Waals surface area contributed by atoms with Gasteiger partial charge >= 0.3 is 5.69 Å². The second kappa shape index (κ2) is 5.90. The largest absolute Gasteiger partial charge is 0.337 e. The standard InChI is InChI=1S/C19H16N4O2/c1-21-17-16(22(13-20-17)12-14-8-4-2-5-9-14)18(24)23(19(21)25)15-10-6-3-7-11-15/h2-11,13H,12H2,1H3. The Hall–Kier alpha value is -3.41. The molecule has 2 aromatic carbocycles. The molecule has 0 saturated carbocycles. The zero-order valence-electron chi connectivity index (χ0n) is 13.7. The fourth-order valence-corrected chi connectivity index (χ4v) is 2.97. The van der Waals surface area contributed by atoms with Gasteiger partial charge in [0, 0.05) is 13.6 Å². The molecule has 0 amide bonds. The highest BCUT2D eigenvalue weighted by Crippen LogP contribution is 2.11. The van der Waals surface area contributed by atoms with Crippen molar-refractivity contribution >= 4 is 11.2 Å². The summed E-state index contributed by atoms with van der Waals surface area (Å²) in [6, 6.07) is 18.8. The molecule has 25 heavy (non-hydrogen) atoms. The SMILES string of the molecule is Cn1c(=O)n(-c2ccccc2)c(=O)c2c1ncn2Cc1ccccc1. The maximum atomic E-state index is 13.1. The number of rotatable bonds is 3. The summed E-state index contributed by atoms with van der Waals surface area (Å²) < 4.78 is 4.38. The smallest absolute Gasteiger partial charge is 0.320 e. The number of hydrogen-bond acceptors (Lipinski definition) is 3. The van der Waals surface area contributed by atoms with E-state index in [1.165, 1.54) is 9.13 Å². The van der Waals surface area contributed by atoms with Crippen molar-refractivity contribution in [2.45, 2.75) is 6.54 Å². The highest BCUT2D eigenvalue weighted by atomic mass is 16.2. The molecule has 4 rings (SSSR count). The minimum Gasteiger partial charge on any atom is -0.320 e. The Labute approximate surface area is 143 Å². The number of para-hydroxylation sites is 1. The van der Waals surface area contributed by atoms with Gasteiger partial charge in [0.1, 0.15) is 0 Å². The first-order valence-corrected chi connectivity index (χ1v) is 7.93. The fraction of sp³-hybridized carbons (Fsp3) is 0.105. The Bertz CT molecular complexity index is 1160. The highest BCUT2D eigenvalue weighted by molar-refractivity contribution is 5.70. The summed E-state index contributed by atoms with van der Waals surface area (Å²) in [6.07, 6.45) is 1.60. The summed E-state index contributed by atoms with van der Waals surface area (Å²) in [5, 5.41) is 0. The summed E-state index contributed by atoms with van der Waals surface area (Å²) in [7, 11) is 1.63. The van der Waals surface area contributed by atoms with E-state index in [4.69, 9.17) is 0 Å². The Balaban J connectivity index is 1.99. The van der Waals surface area contributed by atoms with E-state index in [0.29, 0.717) is 23.4 Å². The quantitative estimate of drug-likeness (QED) is 0.576. The molecule has 0 aliphatic heterocycles. The summed E-state index contributed by atoms with van der Waals surface area (Å²) >= 11 is 0. The van der Waals surface area contributed by atoms with Crippen molar-refractivity contribution in [2.24, 2.45) is 7.05 Å². The average molecular weight is 332 g/mol. The van der Waals surface area contributed by atoms with Crippen LogP contribution in [0.25, 0.3) is 16.9 Å². The summed E-state index contributed by atoms with van der Waals surface area (Å²) in [6.45, 7) is 0.513. The van der Waals surface area contributed by atoms with Gasteiger partial charge in [-0.3, -0.25) is 9.36 Å². The lowest BCUT2D eigenvalue weighted by atomic mass is 10.2. The molecule has 0 radical (unpaired) electrons. The van der Waals surface area contributed by atoms with Crippen LogP contribution in [0.3, 0.4) is 0 Å². The van der Waals surface area contributed by atoms with E-state index >= 15 is 0 Å².